The SMILES string of the molecule is CCc1ccc([C@](CC)(NC(=O)c2c(C)nn3c2C[C@H](c2ccccc2)CC3(C)C)C(=O)N[C@@H](C)C(N)=O)cc1. The summed E-state index contributed by atoms with van der Waals surface area (Å²) in [6.07, 6.45) is 2.66. The summed E-state index contributed by atoms with van der Waals surface area (Å²) in [5, 5.41) is 10.6. The molecule has 212 valence electrons. The van der Waals surface area contributed by atoms with Crippen LogP contribution < -0.4 is 16.4 Å². The number of fused-ring (bicyclic) bond motifs is 1. The van der Waals surface area contributed by atoms with Crippen molar-refractivity contribution in [3.8, 4) is 0 Å². The summed E-state index contributed by atoms with van der Waals surface area (Å²) in [7, 11) is 0. The summed E-state index contributed by atoms with van der Waals surface area (Å²) in [5.41, 5.74) is 8.68. The lowest BCUT2D eigenvalue weighted by molar-refractivity contribution is -0.131. The molecule has 1 aromatic heterocycles. The molecular formula is C32H41N5O3. The van der Waals surface area contributed by atoms with Crippen LogP contribution in [0.5, 0.6) is 0 Å². The van der Waals surface area contributed by atoms with Crippen molar-refractivity contribution in [1.29, 1.82) is 0 Å². The monoisotopic (exact) mass is 543 g/mol. The Kier molecular flexibility index (Phi) is 8.19. The van der Waals surface area contributed by atoms with E-state index in [4.69, 9.17) is 10.8 Å². The van der Waals surface area contributed by atoms with Gasteiger partial charge in [-0.2, -0.15) is 5.10 Å². The van der Waals surface area contributed by atoms with Crippen molar-refractivity contribution in [2.45, 2.75) is 90.3 Å². The number of rotatable bonds is 9. The molecule has 1 aliphatic rings. The number of hydrogen-bond acceptors (Lipinski definition) is 4. The van der Waals surface area contributed by atoms with Gasteiger partial charge in [-0.25, -0.2) is 0 Å². The number of nitrogens with zero attached hydrogens (tertiary/aromatic N) is 2. The van der Waals surface area contributed by atoms with Gasteiger partial charge in [0, 0.05) is 0 Å². The zero-order chi connectivity index (χ0) is 29.2. The third-order valence-electron chi connectivity index (χ3n) is 8.29. The van der Waals surface area contributed by atoms with E-state index in [2.05, 4.69) is 43.5 Å². The van der Waals surface area contributed by atoms with E-state index in [-0.39, 0.29) is 23.8 Å². The van der Waals surface area contributed by atoms with Gasteiger partial charge < -0.3 is 16.4 Å². The van der Waals surface area contributed by atoms with Crippen LogP contribution in [-0.2, 0) is 33.5 Å². The Labute approximate surface area is 236 Å². The molecule has 2 aromatic carbocycles. The number of aromatic nitrogens is 2. The van der Waals surface area contributed by atoms with Crippen molar-refractivity contribution >= 4 is 17.7 Å². The summed E-state index contributed by atoms with van der Waals surface area (Å²) < 4.78 is 1.98. The average molecular weight is 544 g/mol. The molecule has 0 saturated heterocycles. The number of primary amides is 1. The van der Waals surface area contributed by atoms with Crippen molar-refractivity contribution in [3.05, 3.63) is 88.2 Å². The normalized spacial score (nSPS) is 18.2. The number of carbonyl (C=O) groups is 3. The van der Waals surface area contributed by atoms with Gasteiger partial charge in [-0.3, -0.25) is 19.1 Å². The lowest BCUT2D eigenvalue weighted by Gasteiger charge is -2.38. The lowest BCUT2D eigenvalue weighted by Crippen LogP contribution is -2.59. The molecule has 8 heteroatoms. The molecule has 0 saturated carbocycles. The predicted octanol–water partition coefficient (Wildman–Crippen LogP) is 4.24. The van der Waals surface area contributed by atoms with Gasteiger partial charge in [-0.05, 0) is 76.0 Å². The number of amides is 3. The number of nitrogens with two attached hydrogens (primary N) is 1. The lowest BCUT2D eigenvalue weighted by atomic mass is 9.79. The van der Waals surface area contributed by atoms with E-state index in [1.165, 1.54) is 12.5 Å². The smallest absolute Gasteiger partial charge is 0.256 e. The molecule has 3 amide bonds. The third kappa shape index (κ3) is 5.40. The Hall–Kier alpha value is -3.94. The molecule has 0 spiro atoms. The van der Waals surface area contributed by atoms with Gasteiger partial charge in [-0.15, -0.1) is 0 Å². The third-order valence-corrected chi connectivity index (χ3v) is 8.29. The van der Waals surface area contributed by atoms with E-state index in [0.717, 1.165) is 24.1 Å². The Bertz CT molecular complexity index is 1390. The number of nitrogens with one attached hydrogen (secondary N) is 2. The van der Waals surface area contributed by atoms with Crippen LogP contribution in [0.1, 0.15) is 91.8 Å². The van der Waals surface area contributed by atoms with Gasteiger partial charge in [0.25, 0.3) is 11.8 Å². The molecule has 3 aromatic rings. The standard InChI is InChI=1S/C32H41N5O3/c1-7-22-14-16-25(17-15-22)32(8-2,30(40)34-21(4)28(33)38)35-29(39)27-20(3)36-37-26(27)18-24(19-31(37,5)6)23-12-10-9-11-13-23/h9-17,21,24H,7-8,18-19H2,1-6H3,(H2,33,38)(H,34,40)(H,35,39)/t21-,24-,32-/m0/s1. The first-order valence-electron chi connectivity index (χ1n) is 14.1. The first kappa shape index (κ1) is 29.1. The first-order valence-corrected chi connectivity index (χ1v) is 14.1. The summed E-state index contributed by atoms with van der Waals surface area (Å²) in [4.78, 5) is 39.8. The van der Waals surface area contributed by atoms with E-state index in [9.17, 15) is 14.4 Å². The second-order valence-electron chi connectivity index (χ2n) is 11.5. The number of benzene rings is 2. The molecule has 3 atom stereocenters. The Morgan fingerprint density at radius 3 is 2.33 bits per heavy atom. The minimum atomic E-state index is -1.42. The van der Waals surface area contributed by atoms with E-state index in [1.807, 2.05) is 61.0 Å². The van der Waals surface area contributed by atoms with Crippen LogP contribution in [0.4, 0.5) is 0 Å². The van der Waals surface area contributed by atoms with E-state index in [1.54, 1.807) is 0 Å². The summed E-state index contributed by atoms with van der Waals surface area (Å²) >= 11 is 0. The maximum absolute atomic E-state index is 14.2. The Morgan fingerprint density at radius 1 is 1.10 bits per heavy atom. The molecule has 1 aliphatic heterocycles. The molecule has 4 N–H and O–H groups in total. The first-order chi connectivity index (χ1) is 18.9. The highest BCUT2D eigenvalue weighted by Gasteiger charge is 2.44. The van der Waals surface area contributed by atoms with Crippen molar-refractivity contribution < 1.29 is 14.4 Å². The van der Waals surface area contributed by atoms with Gasteiger partial charge in [-0.1, -0.05) is 68.4 Å². The maximum Gasteiger partial charge on any atom is 0.256 e. The van der Waals surface area contributed by atoms with Gasteiger partial charge in [0.15, 0.2) is 0 Å². The molecule has 0 radical (unpaired) electrons. The van der Waals surface area contributed by atoms with Crippen LogP contribution in [0.3, 0.4) is 0 Å². The average Bonchev–Trinajstić information content (AvgIpc) is 3.28. The zero-order valence-corrected chi connectivity index (χ0v) is 24.4. The van der Waals surface area contributed by atoms with Crippen LogP contribution in [0.2, 0.25) is 0 Å². The molecule has 0 unspecified atom stereocenters. The quantitative estimate of drug-likeness (QED) is 0.374. The second kappa shape index (κ2) is 11.3. The molecule has 40 heavy (non-hydrogen) atoms. The predicted molar refractivity (Wildman–Crippen MR) is 156 cm³/mol. The highest BCUT2D eigenvalue weighted by molar-refractivity contribution is 6.02. The van der Waals surface area contributed by atoms with Crippen molar-refractivity contribution in [1.82, 2.24) is 20.4 Å². The van der Waals surface area contributed by atoms with Crippen LogP contribution in [-0.4, -0.2) is 33.5 Å². The van der Waals surface area contributed by atoms with E-state index < -0.39 is 23.4 Å². The molecule has 0 aliphatic carbocycles. The summed E-state index contributed by atoms with van der Waals surface area (Å²) in [6.45, 7) is 11.6. The molecule has 4 rings (SSSR count). The van der Waals surface area contributed by atoms with Gasteiger partial charge in [0.1, 0.15) is 11.6 Å². The molecule has 0 fully saturated rings. The van der Waals surface area contributed by atoms with Gasteiger partial charge >= 0.3 is 0 Å². The van der Waals surface area contributed by atoms with Crippen LogP contribution in [0, 0.1) is 6.92 Å². The van der Waals surface area contributed by atoms with Crippen LogP contribution >= 0.6 is 0 Å². The Balaban J connectivity index is 1.77. The largest absolute Gasteiger partial charge is 0.368 e. The molecular weight excluding hydrogens is 502 g/mol. The van der Waals surface area contributed by atoms with Crippen LogP contribution in [0.25, 0.3) is 0 Å². The number of carbonyl (C=O) groups excluding carboxylic acids is 3. The second-order valence-corrected chi connectivity index (χ2v) is 11.5. The molecule has 8 nitrogen and oxygen atoms in total. The summed E-state index contributed by atoms with van der Waals surface area (Å²) in [6, 6.07) is 17.1. The number of hydrogen-bond donors (Lipinski definition) is 3. The molecule has 2 heterocycles. The minimum Gasteiger partial charge on any atom is -0.368 e. The maximum atomic E-state index is 14.2. The van der Waals surface area contributed by atoms with Crippen molar-refractivity contribution in [2.24, 2.45) is 5.73 Å². The fourth-order valence-corrected chi connectivity index (χ4v) is 5.90. The minimum absolute atomic E-state index is 0.226. The number of aryl methyl sites for hydroxylation is 2. The van der Waals surface area contributed by atoms with E-state index in [0.29, 0.717) is 23.2 Å². The van der Waals surface area contributed by atoms with Crippen LogP contribution in [0.15, 0.2) is 54.6 Å². The van der Waals surface area contributed by atoms with Crippen molar-refractivity contribution in [2.75, 3.05) is 0 Å². The fraction of sp³-hybridized carbons (Fsp3) is 0.438. The fourth-order valence-electron chi connectivity index (χ4n) is 5.90. The molecule has 0 bridgehead atoms. The Morgan fingerprint density at radius 2 is 1.75 bits per heavy atom. The highest BCUT2D eigenvalue weighted by Crippen LogP contribution is 2.41. The van der Waals surface area contributed by atoms with E-state index >= 15 is 0 Å². The zero-order valence-electron chi connectivity index (χ0n) is 24.4. The topological polar surface area (TPSA) is 119 Å². The van der Waals surface area contributed by atoms with Gasteiger partial charge in [0.05, 0.1) is 22.5 Å². The van der Waals surface area contributed by atoms with Crippen molar-refractivity contribution in [3.63, 3.8) is 0 Å². The highest BCUT2D eigenvalue weighted by atomic mass is 16.2. The van der Waals surface area contributed by atoms with Gasteiger partial charge in [0.2, 0.25) is 5.91 Å². The summed E-state index contributed by atoms with van der Waals surface area (Å²) in [5.74, 6) is -1.28.